The lowest BCUT2D eigenvalue weighted by Crippen LogP contribution is -2.18. The summed E-state index contributed by atoms with van der Waals surface area (Å²) >= 11 is 0. The number of benzene rings is 1. The fourth-order valence-electron chi connectivity index (χ4n) is 2.10. The zero-order valence-electron chi connectivity index (χ0n) is 14.4. The summed E-state index contributed by atoms with van der Waals surface area (Å²) in [5, 5.41) is 5.37. The summed E-state index contributed by atoms with van der Waals surface area (Å²) in [6.45, 7) is 2.56. The van der Waals surface area contributed by atoms with Crippen molar-refractivity contribution in [3.8, 4) is 5.88 Å². The Morgan fingerprint density at radius 2 is 2.04 bits per heavy atom. The van der Waals surface area contributed by atoms with Gasteiger partial charge in [0.25, 0.3) is 5.91 Å². The van der Waals surface area contributed by atoms with Crippen molar-refractivity contribution < 1.29 is 14.3 Å². The van der Waals surface area contributed by atoms with E-state index in [4.69, 9.17) is 4.74 Å². The minimum absolute atomic E-state index is 0.0184. The van der Waals surface area contributed by atoms with Gasteiger partial charge in [0, 0.05) is 19.2 Å². The average Bonchev–Trinajstić information content (AvgIpc) is 2.65. The molecule has 1 aromatic heterocycles. The summed E-state index contributed by atoms with van der Waals surface area (Å²) in [4.78, 5) is 31.7. The van der Waals surface area contributed by atoms with Crippen molar-refractivity contribution in [1.29, 1.82) is 0 Å². The molecule has 0 saturated carbocycles. The smallest absolute Gasteiger partial charge is 0.275 e. The molecule has 2 rings (SSSR count). The van der Waals surface area contributed by atoms with Crippen LogP contribution in [0.2, 0.25) is 0 Å². The number of hydrogen-bond donors (Lipinski definition) is 2. The van der Waals surface area contributed by atoms with E-state index in [-0.39, 0.29) is 17.5 Å². The molecule has 0 bridgehead atoms. The summed E-state index contributed by atoms with van der Waals surface area (Å²) in [7, 11) is 1.61. The highest BCUT2D eigenvalue weighted by molar-refractivity contribution is 6.02. The van der Waals surface area contributed by atoms with Crippen LogP contribution in [0.25, 0.3) is 0 Å². The van der Waals surface area contributed by atoms with Crippen LogP contribution in [0.5, 0.6) is 5.88 Å². The lowest BCUT2D eigenvalue weighted by atomic mass is 10.1. The first-order valence-corrected chi connectivity index (χ1v) is 8.18. The summed E-state index contributed by atoms with van der Waals surface area (Å²) in [5.41, 5.74) is 1.82. The molecule has 0 saturated heterocycles. The average molecular weight is 342 g/mol. The van der Waals surface area contributed by atoms with Gasteiger partial charge in [-0.05, 0) is 30.5 Å². The lowest BCUT2D eigenvalue weighted by Gasteiger charge is -2.08. The number of anilines is 1. The van der Waals surface area contributed by atoms with E-state index >= 15 is 0 Å². The largest absolute Gasteiger partial charge is 0.477 e. The van der Waals surface area contributed by atoms with E-state index in [0.717, 1.165) is 12.0 Å². The fraction of sp³-hybridized carbons (Fsp3) is 0.333. The van der Waals surface area contributed by atoms with Gasteiger partial charge < -0.3 is 15.4 Å². The normalized spacial score (nSPS) is 10.2. The van der Waals surface area contributed by atoms with E-state index in [0.29, 0.717) is 31.0 Å². The first kappa shape index (κ1) is 18.4. The summed E-state index contributed by atoms with van der Waals surface area (Å²) in [5.74, 6) is 0.0303. The van der Waals surface area contributed by atoms with Crippen LogP contribution in [0.3, 0.4) is 0 Å². The van der Waals surface area contributed by atoms with E-state index in [1.165, 1.54) is 12.4 Å². The predicted molar refractivity (Wildman–Crippen MR) is 94.6 cm³/mol. The summed E-state index contributed by atoms with van der Waals surface area (Å²) in [6, 6.07) is 7.38. The molecular weight excluding hydrogens is 320 g/mol. The molecule has 25 heavy (non-hydrogen) atoms. The van der Waals surface area contributed by atoms with Crippen LogP contribution in [0.15, 0.2) is 36.7 Å². The Morgan fingerprint density at radius 3 is 2.72 bits per heavy atom. The molecule has 7 heteroatoms. The van der Waals surface area contributed by atoms with Gasteiger partial charge in [0.2, 0.25) is 11.8 Å². The Labute approximate surface area is 146 Å². The van der Waals surface area contributed by atoms with Crippen molar-refractivity contribution in [2.75, 3.05) is 19.0 Å². The Kier molecular flexibility index (Phi) is 6.88. The minimum atomic E-state index is -0.349. The first-order valence-electron chi connectivity index (χ1n) is 8.18. The lowest BCUT2D eigenvalue weighted by molar-refractivity contribution is -0.120. The van der Waals surface area contributed by atoms with Gasteiger partial charge in [0.15, 0.2) is 0 Å². The second-order valence-corrected chi connectivity index (χ2v) is 5.42. The topological polar surface area (TPSA) is 93.2 Å². The third-order valence-corrected chi connectivity index (χ3v) is 3.42. The molecule has 0 radical (unpaired) electrons. The number of amides is 2. The quantitative estimate of drug-likeness (QED) is 0.767. The third kappa shape index (κ3) is 5.87. The van der Waals surface area contributed by atoms with Gasteiger partial charge in [0.1, 0.15) is 5.69 Å². The molecule has 0 atom stereocenters. The van der Waals surface area contributed by atoms with Gasteiger partial charge >= 0.3 is 0 Å². The molecule has 2 N–H and O–H groups in total. The second-order valence-electron chi connectivity index (χ2n) is 5.42. The molecule has 1 aromatic carbocycles. The zero-order valence-corrected chi connectivity index (χ0v) is 14.4. The maximum absolute atomic E-state index is 12.2. The van der Waals surface area contributed by atoms with Gasteiger partial charge in [-0.2, -0.15) is 0 Å². The number of ether oxygens (including phenoxy) is 1. The molecule has 0 unspecified atom stereocenters. The Morgan fingerprint density at radius 1 is 1.20 bits per heavy atom. The Hall–Kier alpha value is -2.96. The molecule has 132 valence electrons. The van der Waals surface area contributed by atoms with Crippen molar-refractivity contribution in [2.24, 2.45) is 0 Å². The van der Waals surface area contributed by atoms with Crippen LogP contribution in [-0.4, -0.2) is 35.4 Å². The van der Waals surface area contributed by atoms with Gasteiger partial charge in [-0.15, -0.1) is 0 Å². The van der Waals surface area contributed by atoms with E-state index in [9.17, 15) is 9.59 Å². The number of carbonyl (C=O) groups is 2. The molecule has 2 amide bonds. The van der Waals surface area contributed by atoms with Crippen molar-refractivity contribution in [1.82, 2.24) is 15.3 Å². The predicted octanol–water partition coefficient (Wildman–Crippen LogP) is 2.20. The maximum atomic E-state index is 12.2. The van der Waals surface area contributed by atoms with E-state index in [1.807, 2.05) is 25.1 Å². The number of aromatic nitrogens is 2. The van der Waals surface area contributed by atoms with Crippen LogP contribution in [-0.2, 0) is 11.2 Å². The maximum Gasteiger partial charge on any atom is 0.275 e. The Bertz CT molecular complexity index is 717. The highest BCUT2D eigenvalue weighted by Gasteiger charge is 2.09. The molecule has 2 aromatic rings. The van der Waals surface area contributed by atoms with Crippen molar-refractivity contribution in [3.63, 3.8) is 0 Å². The fourth-order valence-corrected chi connectivity index (χ4v) is 2.10. The number of nitrogens with zero attached hydrogens (tertiary/aromatic N) is 2. The standard InChI is InChI=1S/C18H22N4O3/c1-3-9-25-17-12-20-15(11-21-17)18(24)22-14-6-4-5-13(10-14)7-8-16(23)19-2/h4-6,10-12H,3,7-9H2,1-2H3,(H,19,23)(H,22,24). The van der Waals surface area contributed by atoms with Crippen LogP contribution in [0.4, 0.5) is 5.69 Å². The summed E-state index contributed by atoms with van der Waals surface area (Å²) in [6.07, 6.45) is 4.70. The van der Waals surface area contributed by atoms with Crippen LogP contribution < -0.4 is 15.4 Å². The monoisotopic (exact) mass is 342 g/mol. The second kappa shape index (κ2) is 9.36. The minimum Gasteiger partial charge on any atom is -0.477 e. The summed E-state index contributed by atoms with van der Waals surface area (Å²) < 4.78 is 5.34. The highest BCUT2D eigenvalue weighted by atomic mass is 16.5. The first-order chi connectivity index (χ1) is 12.1. The molecule has 0 aliphatic heterocycles. The molecule has 0 aliphatic rings. The third-order valence-electron chi connectivity index (χ3n) is 3.42. The van der Waals surface area contributed by atoms with Crippen LogP contribution in [0, 0.1) is 0 Å². The van der Waals surface area contributed by atoms with Gasteiger partial charge in [0.05, 0.1) is 19.0 Å². The highest BCUT2D eigenvalue weighted by Crippen LogP contribution is 2.14. The number of nitrogens with one attached hydrogen (secondary N) is 2. The van der Waals surface area contributed by atoms with Crippen molar-refractivity contribution in [3.05, 3.63) is 47.9 Å². The van der Waals surface area contributed by atoms with E-state index in [1.54, 1.807) is 13.1 Å². The van der Waals surface area contributed by atoms with E-state index in [2.05, 4.69) is 20.6 Å². The zero-order chi connectivity index (χ0) is 18.1. The van der Waals surface area contributed by atoms with Crippen LogP contribution in [0.1, 0.15) is 35.8 Å². The van der Waals surface area contributed by atoms with Gasteiger partial charge in [-0.3, -0.25) is 9.59 Å². The number of rotatable bonds is 8. The molecule has 1 heterocycles. The number of carbonyl (C=O) groups excluding carboxylic acids is 2. The molecule has 0 aliphatic carbocycles. The van der Waals surface area contributed by atoms with Gasteiger partial charge in [-0.25, -0.2) is 9.97 Å². The van der Waals surface area contributed by atoms with E-state index < -0.39 is 0 Å². The molecule has 0 fully saturated rings. The Balaban J connectivity index is 1.96. The molecule has 7 nitrogen and oxygen atoms in total. The molecular formula is C18H22N4O3. The van der Waals surface area contributed by atoms with Crippen molar-refractivity contribution >= 4 is 17.5 Å². The van der Waals surface area contributed by atoms with Gasteiger partial charge in [-0.1, -0.05) is 19.1 Å². The SMILES string of the molecule is CCCOc1cnc(C(=O)Nc2cccc(CCC(=O)NC)c2)cn1. The molecule has 0 spiro atoms. The number of aryl methyl sites for hydroxylation is 1. The van der Waals surface area contributed by atoms with Crippen molar-refractivity contribution in [2.45, 2.75) is 26.2 Å². The number of hydrogen-bond acceptors (Lipinski definition) is 5. The van der Waals surface area contributed by atoms with Crippen LogP contribution >= 0.6 is 0 Å².